The first-order chi connectivity index (χ1) is 11.6. The Labute approximate surface area is 145 Å². The van der Waals surface area contributed by atoms with Crippen LogP contribution in [0.1, 0.15) is 11.5 Å². The molecule has 0 radical (unpaired) electrons. The zero-order chi connectivity index (χ0) is 16.9. The quantitative estimate of drug-likeness (QED) is 0.660. The van der Waals surface area contributed by atoms with Crippen molar-refractivity contribution < 1.29 is 14.1 Å². The molecule has 0 fully saturated rings. The van der Waals surface area contributed by atoms with Crippen molar-refractivity contribution in [3.05, 3.63) is 35.3 Å². The second-order valence-electron chi connectivity index (χ2n) is 4.97. The molecule has 2 N–H and O–H groups in total. The van der Waals surface area contributed by atoms with Gasteiger partial charge in [0, 0.05) is 23.8 Å². The molecule has 3 aromatic rings. The van der Waals surface area contributed by atoms with Crippen molar-refractivity contribution in [2.75, 3.05) is 16.8 Å². The van der Waals surface area contributed by atoms with Gasteiger partial charge in [0.05, 0.1) is 23.7 Å². The number of nitrogens with one attached hydrogen (secondary N) is 2. The lowest BCUT2D eigenvalue weighted by atomic mass is 10.4. The molecule has 3 aromatic heterocycles. The third kappa shape index (κ3) is 4.36. The maximum Gasteiger partial charge on any atom is 0.235 e. The topological polar surface area (TPSA) is 102 Å². The lowest BCUT2D eigenvalue weighted by molar-refractivity contribution is -0.118. The second kappa shape index (κ2) is 7.49. The number of aromatic nitrogens is 3. The molecule has 24 heavy (non-hydrogen) atoms. The molecule has 0 aliphatic carbocycles. The number of aryl methyl sites for hydroxylation is 1. The molecule has 126 valence electrons. The van der Waals surface area contributed by atoms with Crippen LogP contribution < -0.4 is 10.6 Å². The van der Waals surface area contributed by atoms with Gasteiger partial charge in [-0.1, -0.05) is 5.16 Å². The van der Waals surface area contributed by atoms with Crippen LogP contribution in [0.25, 0.3) is 4.96 Å². The van der Waals surface area contributed by atoms with Gasteiger partial charge in [0.15, 0.2) is 10.8 Å². The Hall–Kier alpha value is -2.33. The highest BCUT2D eigenvalue weighted by Gasteiger charge is 2.09. The van der Waals surface area contributed by atoms with Crippen molar-refractivity contribution in [3.63, 3.8) is 0 Å². The molecule has 0 saturated carbocycles. The van der Waals surface area contributed by atoms with Crippen molar-refractivity contribution in [2.24, 2.45) is 0 Å². The molecule has 0 atom stereocenters. The van der Waals surface area contributed by atoms with Crippen molar-refractivity contribution in [1.82, 2.24) is 19.9 Å². The van der Waals surface area contributed by atoms with E-state index in [0.29, 0.717) is 18.1 Å². The van der Waals surface area contributed by atoms with E-state index in [0.717, 1.165) is 10.7 Å². The van der Waals surface area contributed by atoms with E-state index in [1.807, 2.05) is 22.2 Å². The van der Waals surface area contributed by atoms with E-state index in [2.05, 4.69) is 20.8 Å². The number of imidazole rings is 1. The molecule has 10 heteroatoms. The minimum absolute atomic E-state index is 0.138. The first-order valence-electron chi connectivity index (χ1n) is 7.09. The maximum absolute atomic E-state index is 11.8. The fourth-order valence-electron chi connectivity index (χ4n) is 1.94. The van der Waals surface area contributed by atoms with Crippen molar-refractivity contribution >= 4 is 45.7 Å². The normalized spacial score (nSPS) is 10.9. The highest BCUT2D eigenvalue weighted by atomic mass is 32.2. The second-order valence-corrected chi connectivity index (χ2v) is 6.82. The molecular weight excluding hydrogens is 350 g/mol. The summed E-state index contributed by atoms with van der Waals surface area (Å²) in [6.45, 7) is 2.11. The zero-order valence-corrected chi connectivity index (χ0v) is 14.4. The van der Waals surface area contributed by atoms with Crippen molar-refractivity contribution in [1.29, 1.82) is 0 Å². The minimum atomic E-state index is -0.226. The number of thiazole rings is 1. The summed E-state index contributed by atoms with van der Waals surface area (Å²) >= 11 is 2.77. The van der Waals surface area contributed by atoms with Gasteiger partial charge in [-0.15, -0.1) is 23.1 Å². The third-order valence-electron chi connectivity index (χ3n) is 2.97. The summed E-state index contributed by atoms with van der Waals surface area (Å²) < 4.78 is 6.77. The SMILES string of the molecule is Cc1cc(NC(=O)CSCC(=O)NCc2cn3ccsc3n2)no1. The Morgan fingerprint density at radius 1 is 1.38 bits per heavy atom. The molecule has 3 heterocycles. The van der Waals surface area contributed by atoms with Gasteiger partial charge < -0.3 is 15.2 Å². The smallest absolute Gasteiger partial charge is 0.235 e. The molecular formula is C14H15N5O3S2. The summed E-state index contributed by atoms with van der Waals surface area (Å²) in [7, 11) is 0. The molecule has 0 aromatic carbocycles. The molecule has 0 saturated heterocycles. The van der Waals surface area contributed by atoms with Crippen LogP contribution in [0.2, 0.25) is 0 Å². The lowest BCUT2D eigenvalue weighted by Crippen LogP contribution is -2.25. The monoisotopic (exact) mass is 365 g/mol. The number of fused-ring (bicyclic) bond motifs is 1. The number of carbonyl (C=O) groups is 2. The van der Waals surface area contributed by atoms with Crippen LogP contribution in [-0.4, -0.2) is 37.9 Å². The first-order valence-corrected chi connectivity index (χ1v) is 9.12. The summed E-state index contributed by atoms with van der Waals surface area (Å²) in [6, 6.07) is 1.63. The van der Waals surface area contributed by atoms with E-state index >= 15 is 0 Å². The van der Waals surface area contributed by atoms with E-state index in [9.17, 15) is 9.59 Å². The van der Waals surface area contributed by atoms with Gasteiger partial charge in [-0.2, -0.15) is 0 Å². The van der Waals surface area contributed by atoms with Gasteiger partial charge >= 0.3 is 0 Å². The lowest BCUT2D eigenvalue weighted by Gasteiger charge is -2.03. The number of rotatable bonds is 7. The summed E-state index contributed by atoms with van der Waals surface area (Å²) in [4.78, 5) is 28.8. The van der Waals surface area contributed by atoms with Gasteiger partial charge in [-0.25, -0.2) is 4.98 Å². The molecule has 3 rings (SSSR count). The number of thioether (sulfide) groups is 1. The van der Waals surface area contributed by atoms with E-state index in [4.69, 9.17) is 4.52 Å². The zero-order valence-electron chi connectivity index (χ0n) is 12.8. The Bertz CT molecular complexity index is 825. The number of anilines is 1. The fraction of sp³-hybridized carbons (Fsp3) is 0.286. The highest BCUT2D eigenvalue weighted by Crippen LogP contribution is 2.11. The largest absolute Gasteiger partial charge is 0.360 e. The molecule has 0 unspecified atom stereocenters. The van der Waals surface area contributed by atoms with Crippen LogP contribution in [-0.2, 0) is 16.1 Å². The average Bonchev–Trinajstić information content (AvgIpc) is 3.21. The van der Waals surface area contributed by atoms with Gasteiger partial charge in [0.1, 0.15) is 5.76 Å². The van der Waals surface area contributed by atoms with Gasteiger partial charge in [-0.3, -0.25) is 14.0 Å². The predicted molar refractivity (Wildman–Crippen MR) is 92.1 cm³/mol. The Morgan fingerprint density at radius 3 is 2.96 bits per heavy atom. The molecule has 0 bridgehead atoms. The number of hydrogen-bond donors (Lipinski definition) is 2. The number of nitrogens with zero attached hydrogens (tertiary/aromatic N) is 3. The van der Waals surface area contributed by atoms with Crippen LogP contribution in [0.4, 0.5) is 5.82 Å². The van der Waals surface area contributed by atoms with Crippen LogP contribution >= 0.6 is 23.1 Å². The fourth-order valence-corrected chi connectivity index (χ4v) is 3.31. The third-order valence-corrected chi connectivity index (χ3v) is 4.67. The Kier molecular flexibility index (Phi) is 5.16. The molecule has 0 aliphatic rings. The Morgan fingerprint density at radius 2 is 2.21 bits per heavy atom. The van der Waals surface area contributed by atoms with Crippen molar-refractivity contribution in [3.8, 4) is 0 Å². The summed E-state index contributed by atoms with van der Waals surface area (Å²) in [6.07, 6.45) is 3.80. The van der Waals surface area contributed by atoms with Crippen LogP contribution in [0.15, 0.2) is 28.4 Å². The van der Waals surface area contributed by atoms with Gasteiger partial charge in [0.2, 0.25) is 11.8 Å². The predicted octanol–water partition coefficient (Wildman–Crippen LogP) is 1.68. The average molecular weight is 365 g/mol. The van der Waals surface area contributed by atoms with E-state index in [1.165, 1.54) is 11.8 Å². The number of amides is 2. The van der Waals surface area contributed by atoms with Crippen LogP contribution in [0.3, 0.4) is 0 Å². The van der Waals surface area contributed by atoms with E-state index in [-0.39, 0.29) is 23.3 Å². The van der Waals surface area contributed by atoms with Crippen LogP contribution in [0.5, 0.6) is 0 Å². The molecule has 8 nitrogen and oxygen atoms in total. The maximum atomic E-state index is 11.8. The Balaban J connectivity index is 1.34. The molecule has 0 aliphatic heterocycles. The first kappa shape index (κ1) is 16.5. The van der Waals surface area contributed by atoms with E-state index in [1.54, 1.807) is 24.3 Å². The standard InChI is InChI=1S/C14H15N5O3S2/c1-9-4-11(18-22-9)17-13(21)8-23-7-12(20)15-5-10-6-19-2-3-24-14(19)16-10/h2-4,6H,5,7-8H2,1H3,(H,15,20)(H,17,18,21). The minimum Gasteiger partial charge on any atom is -0.360 e. The molecule has 0 spiro atoms. The van der Waals surface area contributed by atoms with Gasteiger partial charge in [-0.05, 0) is 6.92 Å². The van der Waals surface area contributed by atoms with Crippen molar-refractivity contribution in [2.45, 2.75) is 13.5 Å². The van der Waals surface area contributed by atoms with E-state index < -0.39 is 0 Å². The summed E-state index contributed by atoms with van der Waals surface area (Å²) in [5.41, 5.74) is 0.805. The van der Waals surface area contributed by atoms with Gasteiger partial charge in [0.25, 0.3) is 0 Å². The summed E-state index contributed by atoms with van der Waals surface area (Å²) in [5, 5.41) is 11.0. The van der Waals surface area contributed by atoms with Crippen LogP contribution in [0, 0.1) is 6.92 Å². The number of carbonyl (C=O) groups excluding carboxylic acids is 2. The molecule has 2 amide bonds. The number of hydrogen-bond acceptors (Lipinski definition) is 7. The summed E-state index contributed by atoms with van der Waals surface area (Å²) in [5.74, 6) is 1.00. The highest BCUT2D eigenvalue weighted by molar-refractivity contribution is 8.00.